The molecule has 0 aliphatic rings. The van der Waals surface area contributed by atoms with Crippen LogP contribution in [0.5, 0.6) is 0 Å². The zero-order chi connectivity index (χ0) is 18.5. The minimum atomic E-state index is -3.98. The van der Waals surface area contributed by atoms with Crippen molar-refractivity contribution in [2.24, 2.45) is 10.8 Å². The highest BCUT2D eigenvalue weighted by molar-refractivity contribution is 7.52. The first-order valence-corrected chi connectivity index (χ1v) is 9.65. The number of amides is 1. The maximum Gasteiger partial charge on any atom is 0.319 e. The number of hydrogen-bond acceptors (Lipinski definition) is 4. The highest BCUT2D eigenvalue weighted by Gasteiger charge is 2.39. The summed E-state index contributed by atoms with van der Waals surface area (Å²) in [5, 5.41) is 13.0. The number of rotatable bonds is 9. The maximum absolute atomic E-state index is 12.3. The van der Waals surface area contributed by atoms with E-state index < -0.39 is 13.0 Å². The van der Waals surface area contributed by atoms with Crippen LogP contribution in [-0.4, -0.2) is 55.2 Å². The van der Waals surface area contributed by atoms with Gasteiger partial charge in [0.25, 0.3) is 0 Å². The van der Waals surface area contributed by atoms with Crippen LogP contribution in [-0.2, 0) is 14.0 Å². The third kappa shape index (κ3) is 7.77. The van der Waals surface area contributed by atoms with Crippen molar-refractivity contribution in [3.63, 3.8) is 0 Å². The van der Waals surface area contributed by atoms with Gasteiger partial charge in [0.2, 0.25) is 5.91 Å². The van der Waals surface area contributed by atoms with E-state index in [4.69, 9.17) is 4.89 Å². The summed E-state index contributed by atoms with van der Waals surface area (Å²) in [5.74, 6) is 0.0182. The van der Waals surface area contributed by atoms with E-state index in [9.17, 15) is 14.6 Å². The minimum absolute atomic E-state index is 0.0182. The van der Waals surface area contributed by atoms with Crippen molar-refractivity contribution >= 4 is 13.5 Å². The zero-order valence-electron chi connectivity index (χ0n) is 15.5. The van der Waals surface area contributed by atoms with Crippen LogP contribution in [0.1, 0.15) is 41.0 Å². The summed E-state index contributed by atoms with van der Waals surface area (Å²) in [4.78, 5) is 21.4. The van der Waals surface area contributed by atoms with Crippen molar-refractivity contribution in [1.82, 2.24) is 5.32 Å². The molecule has 7 nitrogen and oxygen atoms in total. The molecule has 0 saturated carbocycles. The number of carbonyl (C=O) groups excluding carboxylic acids is 1. The van der Waals surface area contributed by atoms with Gasteiger partial charge < -0.3 is 24.6 Å². The summed E-state index contributed by atoms with van der Waals surface area (Å²) in [5.41, 5.74) is -0.610. The monoisotopic (exact) mass is 352 g/mol. The fourth-order valence-corrected chi connectivity index (χ4v) is 2.50. The van der Waals surface area contributed by atoms with Crippen LogP contribution < -0.4 is 10.6 Å². The molecule has 1 atom stereocenters. The van der Waals surface area contributed by atoms with E-state index in [-0.39, 0.29) is 17.5 Å². The van der Waals surface area contributed by atoms with Gasteiger partial charge in [-0.3, -0.25) is 9.36 Å². The average molecular weight is 352 g/mol. The quantitative estimate of drug-likeness (QED) is 0.280. The van der Waals surface area contributed by atoms with Crippen LogP contribution in [0.15, 0.2) is 0 Å². The molecule has 0 rings (SSSR count). The average Bonchev–Trinajstić information content (AvgIpc) is 2.36. The number of carbonyl (C=O) groups is 1. The lowest BCUT2D eigenvalue weighted by molar-refractivity contribution is -0.889. The van der Waals surface area contributed by atoms with E-state index in [1.807, 2.05) is 48.7 Å². The molecule has 8 heteroatoms. The van der Waals surface area contributed by atoms with Crippen LogP contribution in [0.4, 0.5) is 0 Å². The van der Waals surface area contributed by atoms with Gasteiger partial charge in [0.1, 0.15) is 0 Å². The Bertz CT molecular complexity index is 444. The van der Waals surface area contributed by atoms with Crippen molar-refractivity contribution in [2.75, 3.05) is 39.9 Å². The Balaban J connectivity index is 4.30. The van der Waals surface area contributed by atoms with Gasteiger partial charge in [0.05, 0.1) is 39.9 Å². The standard InChI is InChI=1S/C15H33N2O5P/c1-14(2,3)15(4,5)13(18)16-9-11-17(6,7)10-8-12-23(20,21)22-19/h8-12H2,1-7H3,(H2-,16,18,19,20,21). The molecule has 0 heterocycles. The molecule has 0 aromatic carbocycles. The highest BCUT2D eigenvalue weighted by Crippen LogP contribution is 2.40. The fraction of sp³-hybridized carbons (Fsp3) is 0.933. The number of hydrogen-bond donors (Lipinski definition) is 2. The number of nitrogens with zero attached hydrogens (tertiary/aromatic N) is 1. The molecule has 138 valence electrons. The van der Waals surface area contributed by atoms with Gasteiger partial charge in [-0.15, -0.1) is 0 Å². The normalized spacial score (nSPS) is 16.0. The van der Waals surface area contributed by atoms with Crippen LogP contribution in [0.2, 0.25) is 0 Å². The van der Waals surface area contributed by atoms with Gasteiger partial charge in [-0.1, -0.05) is 34.6 Å². The summed E-state index contributed by atoms with van der Waals surface area (Å²) in [6, 6.07) is 0. The maximum atomic E-state index is 12.3. The van der Waals surface area contributed by atoms with E-state index in [0.29, 0.717) is 30.5 Å². The molecule has 0 aromatic rings. The molecule has 0 saturated heterocycles. The Labute approximate surface area is 140 Å². The van der Waals surface area contributed by atoms with Crippen molar-refractivity contribution in [3.8, 4) is 0 Å². The first-order valence-electron chi connectivity index (χ1n) is 7.88. The highest BCUT2D eigenvalue weighted by atomic mass is 31.2. The third-order valence-electron chi connectivity index (χ3n) is 4.77. The van der Waals surface area contributed by atoms with Gasteiger partial charge in [-0.05, 0) is 5.41 Å². The molecule has 0 aromatic heterocycles. The Kier molecular flexibility index (Phi) is 7.92. The van der Waals surface area contributed by atoms with E-state index in [1.165, 1.54) is 0 Å². The number of likely N-dealkylation sites (N-methyl/N-ethyl adjacent to an activating group) is 1. The molecule has 0 aliphatic carbocycles. The van der Waals surface area contributed by atoms with Gasteiger partial charge in [-0.2, -0.15) is 0 Å². The topological polar surface area (TPSA) is 98.7 Å². The Morgan fingerprint density at radius 2 is 1.74 bits per heavy atom. The van der Waals surface area contributed by atoms with Gasteiger partial charge in [0, 0.05) is 11.8 Å². The van der Waals surface area contributed by atoms with Crippen LogP contribution in [0.25, 0.3) is 0 Å². The second kappa shape index (κ2) is 8.08. The first-order chi connectivity index (χ1) is 10.1. The van der Waals surface area contributed by atoms with Crippen LogP contribution in [0, 0.1) is 10.8 Å². The Morgan fingerprint density at radius 1 is 1.22 bits per heavy atom. The van der Waals surface area contributed by atoms with Crippen molar-refractivity contribution in [3.05, 3.63) is 0 Å². The largest absolute Gasteiger partial charge is 0.716 e. The molecule has 0 fully saturated rings. The van der Waals surface area contributed by atoms with E-state index >= 15 is 0 Å². The van der Waals surface area contributed by atoms with Crippen molar-refractivity contribution in [1.29, 1.82) is 0 Å². The number of quaternary nitrogens is 1. The second-order valence-corrected chi connectivity index (χ2v) is 10.2. The molecule has 0 aliphatic heterocycles. The van der Waals surface area contributed by atoms with Crippen molar-refractivity contribution in [2.45, 2.75) is 41.0 Å². The lowest BCUT2D eigenvalue weighted by atomic mass is 9.69. The third-order valence-corrected chi connectivity index (χ3v) is 5.88. The molecule has 1 amide bonds. The van der Waals surface area contributed by atoms with Gasteiger partial charge in [0.15, 0.2) is 0 Å². The van der Waals surface area contributed by atoms with Crippen molar-refractivity contribution < 1.29 is 28.7 Å². The summed E-state index contributed by atoms with van der Waals surface area (Å²) in [6.07, 6.45) is 0.256. The van der Waals surface area contributed by atoms with E-state index in [1.54, 1.807) is 0 Å². The summed E-state index contributed by atoms with van der Waals surface area (Å²) in [6.45, 7) is 11.8. The molecule has 0 bridgehead atoms. The Morgan fingerprint density at radius 3 is 2.17 bits per heavy atom. The lowest BCUT2D eigenvalue weighted by Crippen LogP contribution is -2.50. The first kappa shape index (κ1) is 22.5. The molecule has 23 heavy (non-hydrogen) atoms. The molecule has 0 spiro atoms. The van der Waals surface area contributed by atoms with Gasteiger partial charge in [-0.25, -0.2) is 0 Å². The summed E-state index contributed by atoms with van der Waals surface area (Å²) < 4.78 is 15.0. The SMILES string of the molecule is CC(C)(C)C(C)(C)C(=O)NCC[N+](C)(C)CCCP(=O)(O)O[O-]. The van der Waals surface area contributed by atoms with E-state index in [2.05, 4.69) is 9.99 Å². The fourth-order valence-electron chi connectivity index (χ4n) is 1.88. The van der Waals surface area contributed by atoms with Gasteiger partial charge >= 0.3 is 7.60 Å². The summed E-state index contributed by atoms with van der Waals surface area (Å²) >= 11 is 0. The molecular weight excluding hydrogens is 319 g/mol. The number of nitrogens with one attached hydrogen (secondary N) is 1. The zero-order valence-corrected chi connectivity index (χ0v) is 16.4. The Hall–Kier alpha value is -0.460. The van der Waals surface area contributed by atoms with Crippen LogP contribution >= 0.6 is 7.60 Å². The second-order valence-electron chi connectivity index (χ2n) is 8.30. The van der Waals surface area contributed by atoms with E-state index in [0.717, 1.165) is 0 Å². The molecule has 0 radical (unpaired) electrons. The molecular formula is C15H33N2O5P. The molecule has 1 unspecified atom stereocenters. The smallest absolute Gasteiger partial charge is 0.319 e. The predicted octanol–water partition coefficient (Wildman–Crippen LogP) is 1.12. The van der Waals surface area contributed by atoms with Crippen LogP contribution in [0.3, 0.4) is 0 Å². The summed E-state index contributed by atoms with van der Waals surface area (Å²) in [7, 11) is -0.0299. The lowest BCUT2D eigenvalue weighted by Gasteiger charge is -2.37. The predicted molar refractivity (Wildman–Crippen MR) is 88.5 cm³/mol. The molecule has 2 N–H and O–H groups in total. The minimum Gasteiger partial charge on any atom is -0.716 e.